The molecule has 168 valence electrons. The number of aromatic nitrogens is 4. The second kappa shape index (κ2) is 8.78. The van der Waals surface area contributed by atoms with E-state index in [1.54, 1.807) is 6.33 Å². The predicted molar refractivity (Wildman–Crippen MR) is 123 cm³/mol. The van der Waals surface area contributed by atoms with E-state index in [0.717, 1.165) is 61.2 Å². The molecule has 2 aliphatic rings. The Bertz CT molecular complexity index is 1130. The molecule has 8 nitrogen and oxygen atoms in total. The van der Waals surface area contributed by atoms with E-state index in [2.05, 4.69) is 39.8 Å². The second-order valence-electron chi connectivity index (χ2n) is 8.43. The van der Waals surface area contributed by atoms with Gasteiger partial charge in [0.1, 0.15) is 12.0 Å². The van der Waals surface area contributed by atoms with E-state index in [0.29, 0.717) is 29.5 Å². The molecule has 0 aliphatic carbocycles. The number of nitrogens with zero attached hydrogens (tertiary/aromatic N) is 6. The molecule has 3 aromatic rings. The Morgan fingerprint density at radius 3 is 2.84 bits per heavy atom. The van der Waals surface area contributed by atoms with Crippen molar-refractivity contribution in [3.8, 4) is 17.2 Å². The molecule has 1 saturated heterocycles. The lowest BCUT2D eigenvalue weighted by atomic mass is 10.1. The molecule has 2 aliphatic heterocycles. The number of hydrogen-bond acceptors (Lipinski definition) is 6. The normalized spacial score (nSPS) is 17.4. The van der Waals surface area contributed by atoms with Gasteiger partial charge in [-0.2, -0.15) is 4.98 Å². The van der Waals surface area contributed by atoms with Crippen LogP contribution in [0.2, 0.25) is 0 Å². The maximum absolute atomic E-state index is 13.4. The summed E-state index contributed by atoms with van der Waals surface area (Å²) in [5.41, 5.74) is 3.15. The quantitative estimate of drug-likeness (QED) is 0.473. The summed E-state index contributed by atoms with van der Waals surface area (Å²) in [6.45, 7) is 7.71. The Morgan fingerprint density at radius 1 is 1.25 bits per heavy atom. The molecule has 32 heavy (non-hydrogen) atoms. The minimum atomic E-state index is -0.0575. The summed E-state index contributed by atoms with van der Waals surface area (Å²) in [7, 11) is 0. The molecule has 0 N–H and O–H groups in total. The Hall–Kier alpha value is -2.52. The summed E-state index contributed by atoms with van der Waals surface area (Å²) in [6.07, 6.45) is 5.79. The zero-order valence-corrected chi connectivity index (χ0v) is 20.0. The Labute approximate surface area is 195 Å². The van der Waals surface area contributed by atoms with Gasteiger partial charge in [-0.25, -0.2) is 4.98 Å². The van der Waals surface area contributed by atoms with Crippen molar-refractivity contribution in [2.45, 2.75) is 52.1 Å². The molecule has 0 saturated carbocycles. The van der Waals surface area contributed by atoms with Crippen LogP contribution < -0.4 is 0 Å². The monoisotopic (exact) mass is 498 g/mol. The van der Waals surface area contributed by atoms with Crippen molar-refractivity contribution in [3.05, 3.63) is 46.1 Å². The molecule has 1 fully saturated rings. The molecular formula is C23H27BrN6O2. The van der Waals surface area contributed by atoms with Gasteiger partial charge in [0.05, 0.1) is 29.5 Å². The van der Waals surface area contributed by atoms with Gasteiger partial charge >= 0.3 is 0 Å². The summed E-state index contributed by atoms with van der Waals surface area (Å²) in [4.78, 5) is 27.1. The average molecular weight is 499 g/mol. The van der Waals surface area contributed by atoms with Gasteiger partial charge in [0.15, 0.2) is 0 Å². The fourth-order valence-corrected chi connectivity index (χ4v) is 5.44. The zero-order chi connectivity index (χ0) is 22.2. The second-order valence-corrected chi connectivity index (χ2v) is 9.28. The van der Waals surface area contributed by atoms with Gasteiger partial charge in [-0.05, 0) is 66.8 Å². The fraction of sp³-hybridized carbons (Fsp3) is 0.478. The summed E-state index contributed by atoms with van der Waals surface area (Å²) in [5, 5.41) is 4.28. The van der Waals surface area contributed by atoms with Crippen LogP contribution in [-0.2, 0) is 6.54 Å². The van der Waals surface area contributed by atoms with E-state index in [1.807, 2.05) is 27.7 Å². The van der Waals surface area contributed by atoms with Gasteiger partial charge < -0.3 is 9.42 Å². The molecule has 1 aromatic carbocycles. The Kier molecular flexibility index (Phi) is 5.86. The van der Waals surface area contributed by atoms with Gasteiger partial charge in [0, 0.05) is 11.0 Å². The fourth-order valence-electron chi connectivity index (χ4n) is 4.91. The van der Waals surface area contributed by atoms with Gasteiger partial charge in [-0.15, -0.1) is 0 Å². The molecular weight excluding hydrogens is 472 g/mol. The number of carbonyl (C=O) groups is 1. The number of benzene rings is 1. The summed E-state index contributed by atoms with van der Waals surface area (Å²) < 4.78 is 8.44. The molecule has 1 amide bonds. The lowest BCUT2D eigenvalue weighted by Crippen LogP contribution is -2.30. The van der Waals surface area contributed by atoms with Crippen molar-refractivity contribution in [1.29, 1.82) is 0 Å². The maximum Gasteiger partial charge on any atom is 0.257 e. The smallest absolute Gasteiger partial charge is 0.257 e. The van der Waals surface area contributed by atoms with Gasteiger partial charge in [-0.1, -0.05) is 25.1 Å². The van der Waals surface area contributed by atoms with Crippen LogP contribution >= 0.6 is 15.9 Å². The van der Waals surface area contributed by atoms with E-state index >= 15 is 0 Å². The zero-order valence-electron chi connectivity index (χ0n) is 18.4. The molecule has 0 bridgehead atoms. The van der Waals surface area contributed by atoms with Crippen LogP contribution in [0.4, 0.5) is 0 Å². The van der Waals surface area contributed by atoms with E-state index < -0.39 is 0 Å². The molecule has 5 rings (SSSR count). The topological polar surface area (TPSA) is 80.3 Å². The number of carbonyl (C=O) groups excluding carboxylic acids is 1. The minimum Gasteiger partial charge on any atom is -0.337 e. The van der Waals surface area contributed by atoms with Crippen molar-refractivity contribution in [2.24, 2.45) is 0 Å². The number of amides is 1. The highest BCUT2D eigenvalue weighted by Crippen LogP contribution is 2.43. The highest BCUT2D eigenvalue weighted by atomic mass is 79.9. The van der Waals surface area contributed by atoms with Gasteiger partial charge in [-0.3, -0.25) is 14.3 Å². The van der Waals surface area contributed by atoms with E-state index in [9.17, 15) is 4.79 Å². The van der Waals surface area contributed by atoms with Crippen molar-refractivity contribution in [1.82, 2.24) is 29.5 Å². The first-order valence-electron chi connectivity index (χ1n) is 11.3. The minimum absolute atomic E-state index is 0.0493. The molecule has 4 heterocycles. The van der Waals surface area contributed by atoms with Crippen molar-refractivity contribution >= 4 is 21.8 Å². The van der Waals surface area contributed by atoms with Crippen LogP contribution in [0.1, 0.15) is 67.5 Å². The highest BCUT2D eigenvalue weighted by molar-refractivity contribution is 9.10. The number of rotatable bonds is 7. The lowest BCUT2D eigenvalue weighted by molar-refractivity contribution is 0.0738. The van der Waals surface area contributed by atoms with Gasteiger partial charge in [0.25, 0.3) is 5.91 Å². The number of fused-ring (bicyclic) bond motifs is 5. The van der Waals surface area contributed by atoms with Crippen LogP contribution in [0, 0.1) is 0 Å². The maximum atomic E-state index is 13.4. The Balaban J connectivity index is 1.56. The largest absolute Gasteiger partial charge is 0.337 e. The van der Waals surface area contributed by atoms with E-state index in [4.69, 9.17) is 14.5 Å². The summed E-state index contributed by atoms with van der Waals surface area (Å²) >= 11 is 3.58. The third-order valence-electron chi connectivity index (χ3n) is 6.22. The summed E-state index contributed by atoms with van der Waals surface area (Å²) in [6, 6.07) is 5.76. The van der Waals surface area contributed by atoms with Crippen LogP contribution in [0.15, 0.2) is 33.5 Å². The molecule has 0 radical (unpaired) electrons. The van der Waals surface area contributed by atoms with Crippen molar-refractivity contribution < 1.29 is 9.32 Å². The standard InChI is InChI=1S/C23H27BrN6O2/c1-3-10-28(11-4-2)13-18-26-22(27-32-18)20-21-17-9-6-12-29(17)23(31)19-15(24)7-5-8-16(19)30(21)14-25-20/h5,7-8,14,17H,3-4,6,9-13H2,1-2H3/t17-/m0/s1. The molecule has 9 heteroatoms. The van der Waals surface area contributed by atoms with Gasteiger partial charge in [0.2, 0.25) is 11.7 Å². The van der Waals surface area contributed by atoms with E-state index in [-0.39, 0.29) is 11.9 Å². The predicted octanol–water partition coefficient (Wildman–Crippen LogP) is 4.60. The first-order valence-corrected chi connectivity index (χ1v) is 12.1. The van der Waals surface area contributed by atoms with Crippen molar-refractivity contribution in [2.75, 3.05) is 19.6 Å². The molecule has 1 atom stereocenters. The van der Waals surface area contributed by atoms with Crippen molar-refractivity contribution in [3.63, 3.8) is 0 Å². The van der Waals surface area contributed by atoms with Crippen LogP contribution in [0.3, 0.4) is 0 Å². The molecule has 2 aromatic heterocycles. The first-order chi connectivity index (χ1) is 15.6. The molecule has 0 unspecified atom stereocenters. The number of halogens is 1. The third-order valence-corrected chi connectivity index (χ3v) is 6.88. The molecule has 0 spiro atoms. The summed E-state index contributed by atoms with van der Waals surface area (Å²) in [5.74, 6) is 1.13. The van der Waals surface area contributed by atoms with Crippen LogP contribution in [0.5, 0.6) is 0 Å². The SMILES string of the molecule is CCCN(CCC)Cc1nc(-c2ncn3c2[C@@H]2CCCN2C(=O)c2c(Br)cccc2-3)no1. The number of imidazole rings is 1. The highest BCUT2D eigenvalue weighted by Gasteiger charge is 2.40. The number of hydrogen-bond donors (Lipinski definition) is 0. The van der Waals surface area contributed by atoms with Crippen LogP contribution in [0.25, 0.3) is 17.2 Å². The van der Waals surface area contributed by atoms with Crippen LogP contribution in [-0.4, -0.2) is 55.0 Å². The van der Waals surface area contributed by atoms with E-state index in [1.165, 1.54) is 0 Å². The average Bonchev–Trinajstić information content (AvgIpc) is 3.51. The Morgan fingerprint density at radius 2 is 2.06 bits per heavy atom. The third kappa shape index (κ3) is 3.57. The first kappa shape index (κ1) is 21.3. The lowest BCUT2D eigenvalue weighted by Gasteiger charge is -2.22.